The number of ether oxygens (including phenoxy) is 1. The lowest BCUT2D eigenvalue weighted by atomic mass is 9.88. The van der Waals surface area contributed by atoms with Crippen molar-refractivity contribution in [3.8, 4) is 5.75 Å². The molecule has 0 bridgehead atoms. The number of rotatable bonds is 4. The normalized spacial score (nSPS) is 20.3. The number of methoxy groups -OCH3 is 1. The van der Waals surface area contributed by atoms with Crippen LogP contribution in [0.4, 0.5) is 8.78 Å². The largest absolute Gasteiger partial charge is 0.496 e. The Balaban J connectivity index is 2.28. The molecular formula is C15H21F2NO. The van der Waals surface area contributed by atoms with Gasteiger partial charge in [-0.2, -0.15) is 0 Å². The average Bonchev–Trinajstić information content (AvgIpc) is 2.38. The zero-order valence-electron chi connectivity index (χ0n) is 11.5. The molecule has 19 heavy (non-hydrogen) atoms. The Morgan fingerprint density at radius 2 is 2.21 bits per heavy atom. The fraction of sp³-hybridized carbons (Fsp3) is 0.600. The van der Waals surface area contributed by atoms with E-state index in [1.165, 1.54) is 7.11 Å². The highest BCUT2D eigenvalue weighted by Gasteiger charge is 2.32. The van der Waals surface area contributed by atoms with Crippen molar-refractivity contribution in [2.24, 2.45) is 5.92 Å². The first-order chi connectivity index (χ1) is 9.02. The molecule has 0 radical (unpaired) electrons. The van der Waals surface area contributed by atoms with E-state index in [4.69, 9.17) is 4.74 Å². The van der Waals surface area contributed by atoms with Gasteiger partial charge in [-0.15, -0.1) is 0 Å². The predicted octanol–water partition coefficient (Wildman–Crippen LogP) is 3.35. The minimum Gasteiger partial charge on any atom is -0.496 e. The lowest BCUT2D eigenvalue weighted by Gasteiger charge is -2.25. The molecule has 1 aliphatic rings. The predicted molar refractivity (Wildman–Crippen MR) is 71.9 cm³/mol. The van der Waals surface area contributed by atoms with Gasteiger partial charge in [0.1, 0.15) is 5.75 Å². The van der Waals surface area contributed by atoms with E-state index in [2.05, 4.69) is 5.32 Å². The maximum absolute atomic E-state index is 13.8. The van der Waals surface area contributed by atoms with Crippen molar-refractivity contribution in [1.82, 2.24) is 5.32 Å². The van der Waals surface area contributed by atoms with E-state index >= 15 is 0 Å². The monoisotopic (exact) mass is 269 g/mol. The molecule has 2 rings (SSSR count). The van der Waals surface area contributed by atoms with Crippen LogP contribution in [-0.4, -0.2) is 20.2 Å². The Hall–Kier alpha value is -1.16. The van der Waals surface area contributed by atoms with Crippen molar-refractivity contribution in [1.29, 1.82) is 0 Å². The SMILES string of the molecule is COc1cccc(CC2CCCNC2)c1C(C)(F)F. The van der Waals surface area contributed by atoms with Crippen LogP contribution in [0.15, 0.2) is 18.2 Å². The topological polar surface area (TPSA) is 21.3 Å². The Bertz CT molecular complexity index is 423. The molecule has 1 atom stereocenters. The maximum atomic E-state index is 13.8. The average molecular weight is 269 g/mol. The summed E-state index contributed by atoms with van der Waals surface area (Å²) in [5, 5.41) is 3.32. The molecule has 2 nitrogen and oxygen atoms in total. The van der Waals surface area contributed by atoms with Gasteiger partial charge in [0.2, 0.25) is 0 Å². The summed E-state index contributed by atoms with van der Waals surface area (Å²) in [6.45, 7) is 2.88. The summed E-state index contributed by atoms with van der Waals surface area (Å²) >= 11 is 0. The molecule has 0 amide bonds. The van der Waals surface area contributed by atoms with Gasteiger partial charge in [0.25, 0.3) is 5.92 Å². The number of alkyl halides is 2. The molecule has 0 spiro atoms. The molecule has 1 aliphatic heterocycles. The number of benzene rings is 1. The second-order valence-electron chi connectivity index (χ2n) is 5.30. The number of halogens is 2. The van der Waals surface area contributed by atoms with Gasteiger partial charge in [-0.1, -0.05) is 12.1 Å². The Labute approximate surface area is 113 Å². The van der Waals surface area contributed by atoms with Crippen molar-refractivity contribution < 1.29 is 13.5 Å². The molecule has 0 aliphatic carbocycles. The van der Waals surface area contributed by atoms with Crippen molar-refractivity contribution in [2.75, 3.05) is 20.2 Å². The Morgan fingerprint density at radius 1 is 1.42 bits per heavy atom. The zero-order valence-corrected chi connectivity index (χ0v) is 11.5. The highest BCUT2D eigenvalue weighted by atomic mass is 19.3. The van der Waals surface area contributed by atoms with E-state index < -0.39 is 5.92 Å². The van der Waals surface area contributed by atoms with Crippen molar-refractivity contribution >= 4 is 0 Å². The summed E-state index contributed by atoms with van der Waals surface area (Å²) < 4.78 is 32.7. The highest BCUT2D eigenvalue weighted by Crippen LogP contribution is 2.38. The van der Waals surface area contributed by atoms with Crippen LogP contribution in [0, 0.1) is 5.92 Å². The molecule has 1 saturated heterocycles. The molecule has 4 heteroatoms. The molecule has 0 saturated carbocycles. The van der Waals surface area contributed by atoms with Crippen LogP contribution < -0.4 is 10.1 Å². The van der Waals surface area contributed by atoms with Gasteiger partial charge in [-0.25, -0.2) is 8.78 Å². The van der Waals surface area contributed by atoms with Crippen LogP contribution in [0.1, 0.15) is 30.9 Å². The van der Waals surface area contributed by atoms with E-state index in [-0.39, 0.29) is 11.3 Å². The highest BCUT2D eigenvalue weighted by molar-refractivity contribution is 5.43. The van der Waals surface area contributed by atoms with Gasteiger partial charge >= 0.3 is 0 Å². The summed E-state index contributed by atoms with van der Waals surface area (Å²) in [7, 11) is 1.44. The third-order valence-corrected chi connectivity index (χ3v) is 3.68. The Morgan fingerprint density at radius 3 is 2.79 bits per heavy atom. The van der Waals surface area contributed by atoms with E-state index in [1.807, 2.05) is 0 Å². The summed E-state index contributed by atoms with van der Waals surface area (Å²) in [5.41, 5.74) is 0.753. The van der Waals surface area contributed by atoms with E-state index in [0.717, 1.165) is 32.9 Å². The smallest absolute Gasteiger partial charge is 0.274 e. The molecule has 106 valence electrons. The second kappa shape index (κ2) is 5.87. The van der Waals surface area contributed by atoms with Gasteiger partial charge in [0.15, 0.2) is 0 Å². The minimum atomic E-state index is -2.87. The number of nitrogens with one attached hydrogen (secondary N) is 1. The maximum Gasteiger partial charge on any atom is 0.274 e. The van der Waals surface area contributed by atoms with Crippen molar-refractivity contribution in [3.63, 3.8) is 0 Å². The standard InChI is InChI=1S/C15H21F2NO/c1-15(16,17)14-12(6-3-7-13(14)19-2)9-11-5-4-8-18-10-11/h3,6-7,11,18H,4-5,8-10H2,1-2H3. The van der Waals surface area contributed by atoms with E-state index in [0.29, 0.717) is 17.9 Å². The van der Waals surface area contributed by atoms with Crippen molar-refractivity contribution in [3.05, 3.63) is 29.3 Å². The molecule has 1 aromatic carbocycles. The first-order valence-electron chi connectivity index (χ1n) is 6.77. The first kappa shape index (κ1) is 14.3. The van der Waals surface area contributed by atoms with Gasteiger partial charge in [0, 0.05) is 6.92 Å². The molecule has 1 heterocycles. The fourth-order valence-corrected chi connectivity index (χ4v) is 2.82. The number of piperidine rings is 1. The molecule has 1 aromatic rings. The summed E-state index contributed by atoms with van der Waals surface area (Å²) in [5.74, 6) is -2.15. The first-order valence-corrected chi connectivity index (χ1v) is 6.77. The Kier molecular flexibility index (Phi) is 4.40. The van der Waals surface area contributed by atoms with Crippen molar-refractivity contribution in [2.45, 2.75) is 32.1 Å². The van der Waals surface area contributed by atoms with Gasteiger partial charge in [-0.3, -0.25) is 0 Å². The number of hydrogen-bond donors (Lipinski definition) is 1. The molecule has 0 aromatic heterocycles. The molecular weight excluding hydrogens is 248 g/mol. The van der Waals surface area contributed by atoms with Crippen LogP contribution in [0.2, 0.25) is 0 Å². The lowest BCUT2D eigenvalue weighted by Crippen LogP contribution is -2.31. The van der Waals surface area contributed by atoms with Crippen LogP contribution >= 0.6 is 0 Å². The fourth-order valence-electron chi connectivity index (χ4n) is 2.82. The van der Waals surface area contributed by atoms with Gasteiger partial charge in [0.05, 0.1) is 12.7 Å². The summed E-state index contributed by atoms with van der Waals surface area (Å²) in [4.78, 5) is 0. The zero-order chi connectivity index (χ0) is 13.9. The summed E-state index contributed by atoms with van der Waals surface area (Å²) in [6.07, 6.45) is 2.90. The lowest BCUT2D eigenvalue weighted by molar-refractivity contribution is 0.0139. The van der Waals surface area contributed by atoms with E-state index in [9.17, 15) is 8.78 Å². The minimum absolute atomic E-state index is 0.0445. The van der Waals surface area contributed by atoms with Crippen LogP contribution in [0.25, 0.3) is 0 Å². The van der Waals surface area contributed by atoms with E-state index in [1.54, 1.807) is 18.2 Å². The van der Waals surface area contributed by atoms with Crippen LogP contribution in [-0.2, 0) is 12.3 Å². The molecule has 1 N–H and O–H groups in total. The molecule has 1 fully saturated rings. The third kappa shape index (κ3) is 3.44. The quantitative estimate of drug-likeness (QED) is 0.905. The number of hydrogen-bond acceptors (Lipinski definition) is 2. The van der Waals surface area contributed by atoms with Crippen LogP contribution in [0.5, 0.6) is 5.75 Å². The van der Waals surface area contributed by atoms with Gasteiger partial charge in [-0.05, 0) is 49.9 Å². The van der Waals surface area contributed by atoms with Crippen LogP contribution in [0.3, 0.4) is 0 Å². The van der Waals surface area contributed by atoms with Gasteiger partial charge < -0.3 is 10.1 Å². The molecule has 1 unspecified atom stereocenters. The third-order valence-electron chi connectivity index (χ3n) is 3.68. The second-order valence-corrected chi connectivity index (χ2v) is 5.30. The summed E-state index contributed by atoms with van der Waals surface area (Å²) in [6, 6.07) is 5.19.